The Balaban J connectivity index is 1.64. The summed E-state index contributed by atoms with van der Waals surface area (Å²) in [5.74, 6) is 0. The number of para-hydroxylation sites is 1. The van der Waals surface area contributed by atoms with Crippen molar-refractivity contribution in [3.05, 3.63) is 34.6 Å². The van der Waals surface area contributed by atoms with Crippen LogP contribution in [-0.2, 0) is 0 Å². The molecule has 0 saturated carbocycles. The number of nitrogens with zero attached hydrogens (tertiary/aromatic N) is 2. The van der Waals surface area contributed by atoms with Crippen LogP contribution < -0.4 is 10.3 Å². The summed E-state index contributed by atoms with van der Waals surface area (Å²) < 4.78 is 5.59. The first-order valence-corrected chi connectivity index (χ1v) is 7.17. The van der Waals surface area contributed by atoms with Crippen molar-refractivity contribution in [2.24, 2.45) is 0 Å². The van der Waals surface area contributed by atoms with Gasteiger partial charge >= 0.3 is 0 Å². The van der Waals surface area contributed by atoms with E-state index < -0.39 is 0 Å². The maximum absolute atomic E-state index is 11.9. The van der Waals surface area contributed by atoms with E-state index >= 15 is 0 Å². The second-order valence-corrected chi connectivity index (χ2v) is 5.14. The van der Waals surface area contributed by atoms with Gasteiger partial charge in [-0.3, -0.25) is 14.7 Å². The van der Waals surface area contributed by atoms with Crippen LogP contribution in [0.2, 0.25) is 0 Å². The van der Waals surface area contributed by atoms with E-state index in [1.54, 1.807) is 6.07 Å². The Hall–Kier alpha value is -1.88. The molecule has 1 saturated heterocycles. The van der Waals surface area contributed by atoms with E-state index in [-0.39, 0.29) is 5.56 Å². The van der Waals surface area contributed by atoms with E-state index in [4.69, 9.17) is 4.74 Å². The predicted molar refractivity (Wildman–Crippen MR) is 78.1 cm³/mol. The number of aromatic amines is 1. The lowest BCUT2D eigenvalue weighted by atomic mass is 10.1. The molecule has 0 atom stereocenters. The van der Waals surface area contributed by atoms with Gasteiger partial charge in [0.1, 0.15) is 6.61 Å². The van der Waals surface area contributed by atoms with Crippen LogP contribution in [0.3, 0.4) is 0 Å². The monoisotopic (exact) mass is 273 g/mol. The van der Waals surface area contributed by atoms with Gasteiger partial charge in [0.05, 0.1) is 10.9 Å². The average Bonchev–Trinajstić information content (AvgIpc) is 2.48. The van der Waals surface area contributed by atoms with Gasteiger partial charge in [0, 0.05) is 6.54 Å². The molecular formula is C15H19N3O2. The van der Waals surface area contributed by atoms with Crippen LogP contribution in [0.4, 0.5) is 0 Å². The molecule has 1 N–H and O–H groups in total. The van der Waals surface area contributed by atoms with Crippen molar-refractivity contribution in [1.82, 2.24) is 14.9 Å². The van der Waals surface area contributed by atoms with E-state index in [0.29, 0.717) is 23.5 Å². The fourth-order valence-electron chi connectivity index (χ4n) is 2.59. The van der Waals surface area contributed by atoms with Crippen molar-refractivity contribution < 1.29 is 4.74 Å². The van der Waals surface area contributed by atoms with Gasteiger partial charge in [0.15, 0.2) is 0 Å². The Kier molecular flexibility index (Phi) is 3.97. The lowest BCUT2D eigenvalue weighted by Crippen LogP contribution is -2.33. The zero-order chi connectivity index (χ0) is 13.8. The van der Waals surface area contributed by atoms with E-state index in [9.17, 15) is 4.79 Å². The second-order valence-electron chi connectivity index (χ2n) is 5.14. The fraction of sp³-hybridized carbons (Fsp3) is 0.467. The van der Waals surface area contributed by atoms with Gasteiger partial charge in [-0.05, 0) is 38.1 Å². The molecule has 0 unspecified atom stereocenters. The van der Waals surface area contributed by atoms with Crippen LogP contribution in [0.25, 0.3) is 10.9 Å². The van der Waals surface area contributed by atoms with Crippen LogP contribution in [0, 0.1) is 0 Å². The van der Waals surface area contributed by atoms with Gasteiger partial charge in [-0.2, -0.15) is 4.98 Å². The smallest absolute Gasteiger partial charge is 0.297 e. The number of aromatic nitrogens is 2. The summed E-state index contributed by atoms with van der Waals surface area (Å²) >= 11 is 0. The topological polar surface area (TPSA) is 58.2 Å². The average molecular weight is 273 g/mol. The molecule has 2 aromatic rings. The van der Waals surface area contributed by atoms with Crippen molar-refractivity contribution >= 4 is 10.9 Å². The highest BCUT2D eigenvalue weighted by Crippen LogP contribution is 2.10. The molecule has 3 rings (SSSR count). The summed E-state index contributed by atoms with van der Waals surface area (Å²) in [5, 5.41) is 0.593. The third kappa shape index (κ3) is 2.99. The molecule has 20 heavy (non-hydrogen) atoms. The number of hydrogen-bond donors (Lipinski definition) is 1. The standard InChI is InChI=1S/C15H19N3O2/c19-14-12-6-2-3-7-13(12)16-15(17-14)20-11-10-18-8-4-1-5-9-18/h2-3,6-7H,1,4-5,8-11H2,(H,16,17,19). The largest absolute Gasteiger partial charge is 0.463 e. The van der Waals surface area contributed by atoms with Crippen molar-refractivity contribution in [3.63, 3.8) is 0 Å². The van der Waals surface area contributed by atoms with E-state index in [1.807, 2.05) is 18.2 Å². The summed E-state index contributed by atoms with van der Waals surface area (Å²) in [7, 11) is 0. The lowest BCUT2D eigenvalue weighted by Gasteiger charge is -2.25. The van der Waals surface area contributed by atoms with Crippen LogP contribution >= 0.6 is 0 Å². The molecule has 1 aliphatic rings. The Labute approximate surface area is 117 Å². The molecule has 5 nitrogen and oxygen atoms in total. The molecule has 0 spiro atoms. The highest BCUT2D eigenvalue weighted by atomic mass is 16.5. The Bertz CT molecular complexity index is 632. The number of hydrogen-bond acceptors (Lipinski definition) is 4. The van der Waals surface area contributed by atoms with Crippen LogP contribution in [0.15, 0.2) is 29.1 Å². The summed E-state index contributed by atoms with van der Waals surface area (Å²) in [6.07, 6.45) is 3.87. The number of benzene rings is 1. The molecule has 1 aromatic carbocycles. The van der Waals surface area contributed by atoms with Crippen LogP contribution in [-0.4, -0.2) is 41.1 Å². The first kappa shape index (κ1) is 13.1. The minimum atomic E-state index is -0.149. The molecule has 1 fully saturated rings. The molecular weight excluding hydrogens is 254 g/mol. The number of ether oxygens (including phenoxy) is 1. The summed E-state index contributed by atoms with van der Waals surface area (Å²) in [4.78, 5) is 21.3. The van der Waals surface area contributed by atoms with Gasteiger partial charge in [0.2, 0.25) is 0 Å². The quantitative estimate of drug-likeness (QED) is 0.922. The zero-order valence-electron chi connectivity index (χ0n) is 11.5. The highest BCUT2D eigenvalue weighted by molar-refractivity contribution is 5.77. The Morgan fingerprint density at radius 3 is 2.85 bits per heavy atom. The van der Waals surface area contributed by atoms with Gasteiger partial charge in [-0.15, -0.1) is 0 Å². The molecule has 0 aliphatic carbocycles. The summed E-state index contributed by atoms with van der Waals surface area (Å²) in [5.41, 5.74) is 0.521. The van der Waals surface area contributed by atoms with Gasteiger partial charge in [-0.25, -0.2) is 0 Å². The maximum Gasteiger partial charge on any atom is 0.297 e. The maximum atomic E-state index is 11.9. The fourth-order valence-corrected chi connectivity index (χ4v) is 2.59. The van der Waals surface area contributed by atoms with Crippen molar-refractivity contribution in [2.75, 3.05) is 26.2 Å². The van der Waals surface area contributed by atoms with Crippen LogP contribution in [0.5, 0.6) is 6.01 Å². The molecule has 2 heterocycles. The van der Waals surface area contributed by atoms with Gasteiger partial charge < -0.3 is 4.74 Å². The highest BCUT2D eigenvalue weighted by Gasteiger charge is 2.10. The van der Waals surface area contributed by atoms with E-state index in [2.05, 4.69) is 14.9 Å². The normalized spacial score (nSPS) is 16.4. The van der Waals surface area contributed by atoms with E-state index in [1.165, 1.54) is 19.3 Å². The van der Waals surface area contributed by atoms with Crippen LogP contribution in [0.1, 0.15) is 19.3 Å². The zero-order valence-corrected chi connectivity index (χ0v) is 11.5. The Morgan fingerprint density at radius 1 is 1.20 bits per heavy atom. The van der Waals surface area contributed by atoms with Crippen molar-refractivity contribution in [3.8, 4) is 6.01 Å². The van der Waals surface area contributed by atoms with Gasteiger partial charge in [0.25, 0.3) is 11.6 Å². The van der Waals surface area contributed by atoms with E-state index in [0.717, 1.165) is 19.6 Å². The predicted octanol–water partition coefficient (Wildman–Crippen LogP) is 1.79. The summed E-state index contributed by atoms with van der Waals surface area (Å²) in [6.45, 7) is 3.73. The SMILES string of the molecule is O=c1[nH]c(OCCN2CCCCC2)nc2ccccc12. The third-order valence-electron chi connectivity index (χ3n) is 3.69. The molecule has 5 heteroatoms. The minimum absolute atomic E-state index is 0.149. The molecule has 0 bridgehead atoms. The lowest BCUT2D eigenvalue weighted by molar-refractivity contribution is 0.177. The molecule has 1 aliphatic heterocycles. The number of H-pyrrole nitrogens is 1. The number of fused-ring (bicyclic) bond motifs is 1. The number of likely N-dealkylation sites (tertiary alicyclic amines) is 1. The molecule has 0 radical (unpaired) electrons. The first-order valence-electron chi connectivity index (χ1n) is 7.17. The molecule has 106 valence electrons. The van der Waals surface area contributed by atoms with Gasteiger partial charge in [-0.1, -0.05) is 18.6 Å². The van der Waals surface area contributed by atoms with Crippen molar-refractivity contribution in [1.29, 1.82) is 0 Å². The summed E-state index contributed by atoms with van der Waals surface area (Å²) in [6, 6.07) is 7.59. The van der Waals surface area contributed by atoms with Crippen molar-refractivity contribution in [2.45, 2.75) is 19.3 Å². The third-order valence-corrected chi connectivity index (χ3v) is 3.69. The Morgan fingerprint density at radius 2 is 2.00 bits per heavy atom. The number of nitrogens with one attached hydrogen (secondary N) is 1. The first-order chi connectivity index (χ1) is 9.83. The molecule has 1 aromatic heterocycles. The second kappa shape index (κ2) is 6.05. The number of rotatable bonds is 4. The number of piperidine rings is 1. The minimum Gasteiger partial charge on any atom is -0.463 e. The molecule has 0 amide bonds.